The summed E-state index contributed by atoms with van der Waals surface area (Å²) in [6.45, 7) is 10.6. The Balaban J connectivity index is 2.85. The van der Waals surface area contributed by atoms with Gasteiger partial charge in [-0.25, -0.2) is 0 Å². The predicted molar refractivity (Wildman–Crippen MR) is 79.4 cm³/mol. The van der Waals surface area contributed by atoms with Gasteiger partial charge in [0.15, 0.2) is 0 Å². The SMILES string of the molecule is CNc1ccncc1C(=O)NC(C)(C)CC(C)(C)C. The van der Waals surface area contributed by atoms with Crippen molar-refractivity contribution in [1.82, 2.24) is 10.3 Å². The minimum atomic E-state index is -0.254. The van der Waals surface area contributed by atoms with Crippen LogP contribution in [0.3, 0.4) is 0 Å². The van der Waals surface area contributed by atoms with Crippen molar-refractivity contribution in [2.24, 2.45) is 5.41 Å². The molecule has 1 aromatic rings. The van der Waals surface area contributed by atoms with Gasteiger partial charge in [0.05, 0.1) is 5.56 Å². The maximum Gasteiger partial charge on any atom is 0.255 e. The van der Waals surface area contributed by atoms with Crippen LogP contribution in [0, 0.1) is 5.41 Å². The third kappa shape index (κ3) is 4.89. The van der Waals surface area contributed by atoms with E-state index in [2.05, 4.69) is 36.4 Å². The topological polar surface area (TPSA) is 54.0 Å². The van der Waals surface area contributed by atoms with Crippen molar-refractivity contribution < 1.29 is 4.79 Å². The lowest BCUT2D eigenvalue weighted by molar-refractivity contribution is 0.0892. The van der Waals surface area contributed by atoms with E-state index in [1.54, 1.807) is 25.5 Å². The summed E-state index contributed by atoms with van der Waals surface area (Å²) in [6, 6.07) is 1.80. The molecule has 1 amide bonds. The highest BCUT2D eigenvalue weighted by Crippen LogP contribution is 2.27. The van der Waals surface area contributed by atoms with Gasteiger partial charge in [-0.1, -0.05) is 20.8 Å². The summed E-state index contributed by atoms with van der Waals surface area (Å²) in [5.74, 6) is -0.0910. The zero-order valence-electron chi connectivity index (χ0n) is 12.8. The summed E-state index contributed by atoms with van der Waals surface area (Å²) in [6.07, 6.45) is 4.16. The highest BCUT2D eigenvalue weighted by atomic mass is 16.1. The van der Waals surface area contributed by atoms with E-state index in [4.69, 9.17) is 0 Å². The number of anilines is 1. The Morgan fingerprint density at radius 2 is 1.89 bits per heavy atom. The lowest BCUT2D eigenvalue weighted by Gasteiger charge is -2.33. The Morgan fingerprint density at radius 1 is 1.26 bits per heavy atom. The number of pyridine rings is 1. The summed E-state index contributed by atoms with van der Waals surface area (Å²) < 4.78 is 0. The van der Waals surface area contributed by atoms with Crippen LogP contribution in [0.15, 0.2) is 18.5 Å². The normalized spacial score (nSPS) is 12.1. The van der Waals surface area contributed by atoms with Gasteiger partial charge in [0, 0.05) is 30.7 Å². The molecule has 4 nitrogen and oxygen atoms in total. The molecular formula is C15H25N3O. The Labute approximate surface area is 116 Å². The molecule has 4 heteroatoms. The first-order chi connectivity index (χ1) is 8.64. The zero-order valence-corrected chi connectivity index (χ0v) is 12.8. The van der Waals surface area contributed by atoms with Gasteiger partial charge in [0.1, 0.15) is 0 Å². The summed E-state index contributed by atoms with van der Waals surface area (Å²) >= 11 is 0. The van der Waals surface area contributed by atoms with E-state index < -0.39 is 0 Å². The third-order valence-electron chi connectivity index (χ3n) is 2.76. The van der Waals surface area contributed by atoms with E-state index >= 15 is 0 Å². The fourth-order valence-corrected chi connectivity index (χ4v) is 2.54. The first kappa shape index (κ1) is 15.5. The Hall–Kier alpha value is -1.58. The van der Waals surface area contributed by atoms with Crippen LogP contribution in [0.4, 0.5) is 5.69 Å². The molecule has 0 unspecified atom stereocenters. The first-order valence-corrected chi connectivity index (χ1v) is 6.59. The molecule has 0 aliphatic carbocycles. The highest BCUT2D eigenvalue weighted by molar-refractivity contribution is 5.99. The van der Waals surface area contributed by atoms with Gasteiger partial charge in [0.25, 0.3) is 5.91 Å². The van der Waals surface area contributed by atoms with Gasteiger partial charge in [-0.3, -0.25) is 9.78 Å². The largest absolute Gasteiger partial charge is 0.387 e. The second-order valence-corrected chi connectivity index (χ2v) is 6.75. The first-order valence-electron chi connectivity index (χ1n) is 6.59. The number of carbonyl (C=O) groups excluding carboxylic acids is 1. The smallest absolute Gasteiger partial charge is 0.255 e. The van der Waals surface area contributed by atoms with Crippen LogP contribution >= 0.6 is 0 Å². The van der Waals surface area contributed by atoms with Crippen molar-refractivity contribution in [2.75, 3.05) is 12.4 Å². The van der Waals surface area contributed by atoms with E-state index in [1.807, 2.05) is 13.8 Å². The maximum absolute atomic E-state index is 12.3. The van der Waals surface area contributed by atoms with Crippen LogP contribution in [-0.4, -0.2) is 23.5 Å². The molecule has 0 aliphatic rings. The van der Waals surface area contributed by atoms with E-state index in [9.17, 15) is 4.79 Å². The fraction of sp³-hybridized carbons (Fsp3) is 0.600. The summed E-state index contributed by atoms with van der Waals surface area (Å²) in [5.41, 5.74) is 1.28. The molecule has 0 aliphatic heterocycles. The van der Waals surface area contributed by atoms with Crippen LogP contribution in [0.2, 0.25) is 0 Å². The monoisotopic (exact) mass is 263 g/mol. The summed E-state index contributed by atoms with van der Waals surface area (Å²) in [4.78, 5) is 16.4. The molecule has 0 saturated heterocycles. The molecular weight excluding hydrogens is 238 g/mol. The van der Waals surface area contributed by atoms with Crippen molar-refractivity contribution in [3.63, 3.8) is 0 Å². The van der Waals surface area contributed by atoms with Crippen molar-refractivity contribution in [3.05, 3.63) is 24.0 Å². The van der Waals surface area contributed by atoms with E-state index in [0.717, 1.165) is 12.1 Å². The molecule has 0 bridgehead atoms. The number of carbonyl (C=O) groups is 1. The third-order valence-corrected chi connectivity index (χ3v) is 2.76. The Kier molecular flexibility index (Phi) is 4.56. The molecule has 2 N–H and O–H groups in total. The molecule has 1 heterocycles. The van der Waals surface area contributed by atoms with Crippen LogP contribution < -0.4 is 10.6 Å². The zero-order chi connectivity index (χ0) is 14.7. The van der Waals surface area contributed by atoms with Crippen molar-refractivity contribution in [1.29, 1.82) is 0 Å². The molecule has 0 fully saturated rings. The average Bonchev–Trinajstić information content (AvgIpc) is 2.24. The van der Waals surface area contributed by atoms with Crippen molar-refractivity contribution >= 4 is 11.6 Å². The number of hydrogen-bond donors (Lipinski definition) is 2. The van der Waals surface area contributed by atoms with Crippen LogP contribution in [0.1, 0.15) is 51.4 Å². The lowest BCUT2D eigenvalue weighted by atomic mass is 9.81. The Morgan fingerprint density at radius 3 is 2.42 bits per heavy atom. The predicted octanol–water partition coefficient (Wildman–Crippen LogP) is 3.07. The number of hydrogen-bond acceptors (Lipinski definition) is 3. The van der Waals surface area contributed by atoms with Gasteiger partial charge in [-0.2, -0.15) is 0 Å². The van der Waals surface area contributed by atoms with Crippen molar-refractivity contribution in [3.8, 4) is 0 Å². The maximum atomic E-state index is 12.3. The number of nitrogens with one attached hydrogen (secondary N) is 2. The standard InChI is InChI=1S/C15H25N3O/c1-14(2,3)10-15(4,5)18-13(19)11-9-17-8-7-12(11)16-6/h7-9H,10H2,1-6H3,(H,16,17)(H,18,19). The summed E-state index contributed by atoms with van der Waals surface area (Å²) in [7, 11) is 1.80. The van der Waals surface area contributed by atoms with Gasteiger partial charge in [0.2, 0.25) is 0 Å². The Bertz CT molecular complexity index is 447. The second kappa shape index (κ2) is 5.59. The second-order valence-electron chi connectivity index (χ2n) is 6.75. The van der Waals surface area contributed by atoms with Gasteiger partial charge in [-0.05, 0) is 31.7 Å². The molecule has 106 valence electrons. The van der Waals surface area contributed by atoms with E-state index in [-0.39, 0.29) is 16.9 Å². The summed E-state index contributed by atoms with van der Waals surface area (Å²) in [5, 5.41) is 6.09. The van der Waals surface area contributed by atoms with Crippen molar-refractivity contribution in [2.45, 2.75) is 46.6 Å². The van der Waals surface area contributed by atoms with Crippen LogP contribution in [0.5, 0.6) is 0 Å². The molecule has 1 rings (SSSR count). The average molecular weight is 263 g/mol. The number of aromatic nitrogens is 1. The quantitative estimate of drug-likeness (QED) is 0.877. The van der Waals surface area contributed by atoms with Crippen LogP contribution in [0.25, 0.3) is 0 Å². The minimum Gasteiger partial charge on any atom is -0.387 e. The molecule has 0 atom stereocenters. The number of amides is 1. The molecule has 0 spiro atoms. The van der Waals surface area contributed by atoms with Gasteiger partial charge in [-0.15, -0.1) is 0 Å². The fourth-order valence-electron chi connectivity index (χ4n) is 2.54. The molecule has 0 radical (unpaired) electrons. The van der Waals surface area contributed by atoms with Crippen LogP contribution in [-0.2, 0) is 0 Å². The highest BCUT2D eigenvalue weighted by Gasteiger charge is 2.27. The lowest BCUT2D eigenvalue weighted by Crippen LogP contribution is -2.46. The van der Waals surface area contributed by atoms with E-state index in [0.29, 0.717) is 5.56 Å². The van der Waals surface area contributed by atoms with E-state index in [1.165, 1.54) is 0 Å². The number of nitrogens with zero attached hydrogens (tertiary/aromatic N) is 1. The molecule has 19 heavy (non-hydrogen) atoms. The molecule has 1 aromatic heterocycles. The molecule has 0 aromatic carbocycles. The number of rotatable bonds is 4. The minimum absolute atomic E-state index is 0.0910. The van der Waals surface area contributed by atoms with Gasteiger partial charge < -0.3 is 10.6 Å². The van der Waals surface area contributed by atoms with Gasteiger partial charge >= 0.3 is 0 Å². The molecule has 0 saturated carbocycles.